The molecule has 0 aliphatic heterocycles. The van der Waals surface area contributed by atoms with Crippen LogP contribution in [0.15, 0.2) is 24.3 Å². The van der Waals surface area contributed by atoms with E-state index in [4.69, 9.17) is 40.4 Å². The van der Waals surface area contributed by atoms with E-state index in [-0.39, 0.29) is 23.3 Å². The molecule has 0 bridgehead atoms. The van der Waals surface area contributed by atoms with Gasteiger partial charge in [-0.1, -0.05) is 12.1 Å². The lowest BCUT2D eigenvalue weighted by molar-refractivity contribution is 0.872. The zero-order chi connectivity index (χ0) is 19.1. The number of nitrogens with one attached hydrogen (secondary N) is 1. The van der Waals surface area contributed by atoms with Gasteiger partial charge in [-0.05, 0) is 17.7 Å². The summed E-state index contributed by atoms with van der Waals surface area (Å²) < 4.78 is 0. The van der Waals surface area contributed by atoms with E-state index in [1.807, 2.05) is 24.3 Å². The minimum absolute atomic E-state index is 0.0258. The summed E-state index contributed by atoms with van der Waals surface area (Å²) in [6, 6.07) is 8.99. The van der Waals surface area contributed by atoms with E-state index in [2.05, 4.69) is 26.3 Å². The molecule has 0 radical (unpaired) electrons. The highest BCUT2D eigenvalue weighted by Gasteiger charge is 2.16. The highest BCUT2D eigenvalue weighted by Crippen LogP contribution is 2.28. The molecule has 138 valence electrons. The lowest BCUT2D eigenvalue weighted by Crippen LogP contribution is -2.27. The van der Waals surface area contributed by atoms with E-state index in [0.717, 1.165) is 11.3 Å². The molecule has 1 unspecified atom stereocenters. The van der Waals surface area contributed by atoms with E-state index >= 15 is 0 Å². The first-order valence-corrected chi connectivity index (χ1v) is 8.88. The molecule has 7 N–H and O–H groups in total. The fraction of sp³-hybridized carbons (Fsp3) is 0.312. The first-order valence-electron chi connectivity index (χ1n) is 7.81. The Labute approximate surface area is 161 Å². The Kier molecular flexibility index (Phi) is 6.95. The number of hydrogen-bond donors (Lipinski definition) is 4. The summed E-state index contributed by atoms with van der Waals surface area (Å²) in [6.07, 6.45) is 0. The predicted molar refractivity (Wildman–Crippen MR) is 107 cm³/mol. The maximum atomic E-state index is 9.52. The Hall–Kier alpha value is -2.63. The van der Waals surface area contributed by atoms with Gasteiger partial charge in [0.05, 0.1) is 6.07 Å². The molecule has 0 saturated carbocycles. The number of nitrogens with zero attached hydrogens (tertiary/aromatic N) is 4. The molecule has 0 aliphatic carbocycles. The normalized spacial score (nSPS) is 11.6. The van der Waals surface area contributed by atoms with Crippen molar-refractivity contribution in [2.45, 2.75) is 6.04 Å². The fourth-order valence-corrected chi connectivity index (χ4v) is 2.86. The van der Waals surface area contributed by atoms with Gasteiger partial charge >= 0.3 is 0 Å². The first kappa shape index (κ1) is 19.7. The summed E-state index contributed by atoms with van der Waals surface area (Å²) in [5.41, 5.74) is 19.1. The number of nitrogens with two attached hydrogens (primary N) is 3. The van der Waals surface area contributed by atoms with Crippen LogP contribution in [0.2, 0.25) is 0 Å². The molecule has 1 aromatic carbocycles. The number of nitrogen functional groups attached to an aromatic ring is 3. The van der Waals surface area contributed by atoms with Crippen LogP contribution in [0.5, 0.6) is 0 Å². The van der Waals surface area contributed by atoms with Gasteiger partial charge in [0.2, 0.25) is 5.95 Å². The number of nitriles is 1. The number of hydrogen-bond acceptors (Lipinski definition) is 8. The van der Waals surface area contributed by atoms with Crippen LogP contribution in [0, 0.1) is 11.3 Å². The Morgan fingerprint density at radius 1 is 1.04 bits per heavy atom. The summed E-state index contributed by atoms with van der Waals surface area (Å²) in [4.78, 5) is 9.78. The van der Waals surface area contributed by atoms with Crippen molar-refractivity contribution in [1.29, 1.82) is 5.26 Å². The zero-order valence-corrected chi connectivity index (χ0v) is 15.5. The molecule has 0 saturated heterocycles. The number of alkyl halides is 2. The van der Waals surface area contributed by atoms with Crippen molar-refractivity contribution in [3.63, 3.8) is 0 Å². The number of rotatable bonds is 8. The van der Waals surface area contributed by atoms with Gasteiger partial charge in [0.15, 0.2) is 11.6 Å². The SMILES string of the molecule is N#CC(Nc1c(N)nc(N)nc1N)c1ccc(N(CCCl)CCCl)cc1. The smallest absolute Gasteiger partial charge is 0.224 e. The van der Waals surface area contributed by atoms with E-state index in [1.165, 1.54) is 0 Å². The minimum Gasteiger partial charge on any atom is -0.382 e. The van der Waals surface area contributed by atoms with E-state index < -0.39 is 6.04 Å². The topological polar surface area (TPSA) is 143 Å². The third-order valence-corrected chi connectivity index (χ3v) is 4.04. The van der Waals surface area contributed by atoms with Gasteiger partial charge in [-0.2, -0.15) is 15.2 Å². The third-order valence-electron chi connectivity index (χ3n) is 3.70. The van der Waals surface area contributed by atoms with Crippen molar-refractivity contribution >= 4 is 52.2 Å². The molecule has 10 heteroatoms. The van der Waals surface area contributed by atoms with Crippen LogP contribution in [-0.4, -0.2) is 34.8 Å². The van der Waals surface area contributed by atoms with Crippen LogP contribution >= 0.6 is 23.2 Å². The number of benzene rings is 1. The standard InChI is InChI=1S/C16H20Cl2N8/c17-5-7-26(8-6-18)11-3-1-10(2-4-11)12(9-19)23-13-14(20)24-16(22)25-15(13)21/h1-4,12,23H,5-8H2,(H6,20,21,22,24,25). The largest absolute Gasteiger partial charge is 0.382 e. The van der Waals surface area contributed by atoms with Crippen LogP contribution in [0.25, 0.3) is 0 Å². The van der Waals surface area contributed by atoms with Crippen LogP contribution in [0.4, 0.5) is 29.0 Å². The van der Waals surface area contributed by atoms with Gasteiger partial charge in [0, 0.05) is 30.5 Å². The second-order valence-corrected chi connectivity index (χ2v) is 6.15. The van der Waals surface area contributed by atoms with Gasteiger partial charge in [-0.15, -0.1) is 23.2 Å². The minimum atomic E-state index is -0.685. The maximum Gasteiger partial charge on any atom is 0.224 e. The van der Waals surface area contributed by atoms with Gasteiger partial charge < -0.3 is 27.4 Å². The van der Waals surface area contributed by atoms with E-state index in [1.54, 1.807) is 0 Å². The van der Waals surface area contributed by atoms with Gasteiger partial charge in [-0.3, -0.25) is 0 Å². The van der Waals surface area contributed by atoms with Crippen LogP contribution in [0.1, 0.15) is 11.6 Å². The quantitative estimate of drug-likeness (QED) is 0.498. The zero-order valence-electron chi connectivity index (χ0n) is 14.0. The summed E-state index contributed by atoms with van der Waals surface area (Å²) in [6.45, 7) is 1.37. The molecule has 2 aromatic rings. The Bertz CT molecular complexity index is 746. The molecule has 0 spiro atoms. The molecule has 8 nitrogen and oxygen atoms in total. The molecule has 1 atom stereocenters. The fourth-order valence-electron chi connectivity index (χ4n) is 2.45. The van der Waals surface area contributed by atoms with Crippen molar-refractivity contribution in [1.82, 2.24) is 9.97 Å². The molecule has 0 amide bonds. The van der Waals surface area contributed by atoms with Crippen molar-refractivity contribution in [2.75, 3.05) is 52.3 Å². The molecule has 2 rings (SSSR count). The molecular formula is C16H20Cl2N8. The molecule has 1 aromatic heterocycles. The Morgan fingerprint density at radius 2 is 1.58 bits per heavy atom. The molecular weight excluding hydrogens is 375 g/mol. The van der Waals surface area contributed by atoms with Crippen molar-refractivity contribution in [3.8, 4) is 6.07 Å². The highest BCUT2D eigenvalue weighted by molar-refractivity contribution is 6.18. The van der Waals surface area contributed by atoms with Gasteiger partial charge in [-0.25, -0.2) is 0 Å². The van der Waals surface area contributed by atoms with E-state index in [0.29, 0.717) is 24.8 Å². The monoisotopic (exact) mass is 394 g/mol. The molecule has 0 aliphatic rings. The summed E-state index contributed by atoms with van der Waals surface area (Å²) >= 11 is 11.7. The summed E-state index contributed by atoms with van der Waals surface area (Å²) in [5, 5.41) is 12.5. The van der Waals surface area contributed by atoms with Gasteiger partial charge in [0.25, 0.3) is 0 Å². The second kappa shape index (κ2) is 9.17. The average Bonchev–Trinajstić information content (AvgIpc) is 2.61. The van der Waals surface area contributed by atoms with Crippen molar-refractivity contribution < 1.29 is 0 Å². The first-order chi connectivity index (χ1) is 12.5. The average molecular weight is 395 g/mol. The molecule has 26 heavy (non-hydrogen) atoms. The van der Waals surface area contributed by atoms with Crippen LogP contribution in [-0.2, 0) is 0 Å². The van der Waals surface area contributed by atoms with Gasteiger partial charge in [0.1, 0.15) is 11.7 Å². The summed E-state index contributed by atoms with van der Waals surface area (Å²) in [7, 11) is 0. The Balaban J connectivity index is 2.22. The number of halogens is 2. The Morgan fingerprint density at radius 3 is 2.04 bits per heavy atom. The lowest BCUT2D eigenvalue weighted by atomic mass is 10.1. The highest BCUT2D eigenvalue weighted by atomic mass is 35.5. The number of anilines is 5. The lowest BCUT2D eigenvalue weighted by Gasteiger charge is -2.23. The van der Waals surface area contributed by atoms with Crippen LogP contribution < -0.4 is 27.4 Å². The van der Waals surface area contributed by atoms with Crippen molar-refractivity contribution in [2.24, 2.45) is 0 Å². The van der Waals surface area contributed by atoms with Crippen LogP contribution in [0.3, 0.4) is 0 Å². The summed E-state index contributed by atoms with van der Waals surface area (Å²) in [5.74, 6) is 1.14. The van der Waals surface area contributed by atoms with Crippen molar-refractivity contribution in [3.05, 3.63) is 29.8 Å². The molecule has 1 heterocycles. The second-order valence-electron chi connectivity index (χ2n) is 5.39. The maximum absolute atomic E-state index is 9.52. The number of aromatic nitrogens is 2. The third kappa shape index (κ3) is 4.71. The van der Waals surface area contributed by atoms with E-state index in [9.17, 15) is 5.26 Å². The molecule has 0 fully saturated rings. The predicted octanol–water partition coefficient (Wildman–Crippen LogP) is 2.18.